The summed E-state index contributed by atoms with van der Waals surface area (Å²) >= 11 is 0. The summed E-state index contributed by atoms with van der Waals surface area (Å²) in [5.41, 5.74) is 5.34. The van der Waals surface area contributed by atoms with Crippen LogP contribution in [0.1, 0.15) is 17.1 Å². The van der Waals surface area contributed by atoms with Gasteiger partial charge in [-0.25, -0.2) is 15.8 Å². The average Bonchev–Trinajstić information content (AvgIpc) is 2.59. The molecule has 0 unspecified atom stereocenters. The zero-order chi connectivity index (χ0) is 11.7. The van der Waals surface area contributed by atoms with Crippen molar-refractivity contribution in [1.29, 1.82) is 0 Å². The molecule has 0 aliphatic carbocycles. The van der Waals surface area contributed by atoms with Gasteiger partial charge in [-0.2, -0.15) is 4.98 Å². The maximum absolute atomic E-state index is 5.31. The van der Waals surface area contributed by atoms with Crippen molar-refractivity contribution >= 4 is 5.95 Å². The topological polar surface area (TPSA) is 81.7 Å². The third-order valence-electron chi connectivity index (χ3n) is 2.47. The van der Waals surface area contributed by atoms with E-state index in [9.17, 15) is 0 Å². The lowest BCUT2D eigenvalue weighted by molar-refractivity contribution is 0.923. The van der Waals surface area contributed by atoms with E-state index in [1.165, 1.54) is 0 Å². The lowest BCUT2D eigenvalue weighted by Crippen LogP contribution is -2.12. The van der Waals surface area contributed by atoms with Crippen molar-refractivity contribution < 1.29 is 0 Å². The lowest BCUT2D eigenvalue weighted by atomic mass is 10.3. The van der Waals surface area contributed by atoms with Crippen LogP contribution >= 0.6 is 0 Å². The summed E-state index contributed by atoms with van der Waals surface area (Å²) in [5, 5.41) is 0. The second-order valence-electron chi connectivity index (χ2n) is 3.62. The molecule has 0 saturated heterocycles. The number of anilines is 1. The van der Waals surface area contributed by atoms with Gasteiger partial charge in [0.1, 0.15) is 12.1 Å². The second-order valence-corrected chi connectivity index (χ2v) is 3.62. The summed E-state index contributed by atoms with van der Waals surface area (Å²) in [5.74, 6) is 6.48. The maximum atomic E-state index is 5.31. The Morgan fingerprint density at radius 3 is 2.56 bits per heavy atom. The van der Waals surface area contributed by atoms with Crippen LogP contribution in [0.4, 0.5) is 5.95 Å². The first-order chi connectivity index (χ1) is 7.61. The monoisotopic (exact) mass is 218 g/mol. The number of nitrogen functional groups attached to an aromatic ring is 1. The third kappa shape index (κ3) is 1.74. The molecule has 2 aromatic heterocycles. The smallest absolute Gasteiger partial charge is 0.239 e. The lowest BCUT2D eigenvalue weighted by Gasteiger charge is -2.07. The Labute approximate surface area is 93.5 Å². The first-order valence-corrected chi connectivity index (χ1v) is 4.95. The molecule has 0 radical (unpaired) electrons. The Kier molecular flexibility index (Phi) is 2.57. The molecule has 0 atom stereocenters. The first-order valence-electron chi connectivity index (χ1n) is 4.95. The molecule has 2 aromatic rings. The van der Waals surface area contributed by atoms with E-state index in [1.807, 2.05) is 31.4 Å². The molecule has 3 N–H and O–H groups in total. The number of hydrogen-bond donors (Lipinski definition) is 2. The highest BCUT2D eigenvalue weighted by atomic mass is 15.3. The van der Waals surface area contributed by atoms with Crippen molar-refractivity contribution in [3.8, 4) is 5.82 Å². The van der Waals surface area contributed by atoms with E-state index >= 15 is 0 Å². The predicted octanol–water partition coefficient (Wildman–Crippen LogP) is 0.873. The minimum atomic E-state index is 0.403. The molecule has 0 fully saturated rings. The van der Waals surface area contributed by atoms with Gasteiger partial charge in [-0.15, -0.1) is 0 Å². The minimum absolute atomic E-state index is 0.403. The Morgan fingerprint density at radius 1 is 1.25 bits per heavy atom. The van der Waals surface area contributed by atoms with E-state index in [-0.39, 0.29) is 0 Å². The zero-order valence-corrected chi connectivity index (χ0v) is 9.52. The summed E-state index contributed by atoms with van der Waals surface area (Å²) in [7, 11) is 0. The van der Waals surface area contributed by atoms with Gasteiger partial charge in [-0.1, -0.05) is 0 Å². The van der Waals surface area contributed by atoms with Crippen LogP contribution < -0.4 is 11.3 Å². The van der Waals surface area contributed by atoms with Crippen molar-refractivity contribution in [2.45, 2.75) is 20.8 Å². The number of nitrogens with zero attached hydrogens (tertiary/aromatic N) is 4. The molecule has 0 bridgehead atoms. The van der Waals surface area contributed by atoms with Gasteiger partial charge in [-0.3, -0.25) is 9.99 Å². The molecule has 0 saturated carbocycles. The van der Waals surface area contributed by atoms with Crippen molar-refractivity contribution in [2.75, 3.05) is 5.43 Å². The van der Waals surface area contributed by atoms with Crippen LogP contribution in [0.3, 0.4) is 0 Å². The van der Waals surface area contributed by atoms with E-state index in [0.29, 0.717) is 5.95 Å². The summed E-state index contributed by atoms with van der Waals surface area (Å²) in [6, 6.07) is 1.88. The number of rotatable bonds is 2. The van der Waals surface area contributed by atoms with E-state index in [2.05, 4.69) is 20.4 Å². The number of hydrogen-bond acceptors (Lipinski definition) is 5. The van der Waals surface area contributed by atoms with Crippen LogP contribution in [0.25, 0.3) is 5.82 Å². The SMILES string of the molecule is Cc1cc(-n2cnc(C)c2C)nc(NN)n1. The molecule has 0 spiro atoms. The fourth-order valence-electron chi connectivity index (χ4n) is 1.47. The number of aryl methyl sites for hydroxylation is 2. The van der Waals surface area contributed by atoms with Gasteiger partial charge in [0, 0.05) is 17.5 Å². The Bertz CT molecular complexity index is 516. The largest absolute Gasteiger partial charge is 0.292 e. The van der Waals surface area contributed by atoms with Crippen LogP contribution in [0.2, 0.25) is 0 Å². The molecule has 84 valence electrons. The fourth-order valence-corrected chi connectivity index (χ4v) is 1.47. The molecule has 2 rings (SSSR count). The van der Waals surface area contributed by atoms with E-state index < -0.39 is 0 Å². The number of imidazole rings is 1. The molecular weight excluding hydrogens is 204 g/mol. The Balaban J connectivity index is 2.55. The summed E-state index contributed by atoms with van der Waals surface area (Å²) < 4.78 is 1.91. The van der Waals surface area contributed by atoms with Gasteiger partial charge < -0.3 is 0 Å². The average molecular weight is 218 g/mol. The van der Waals surface area contributed by atoms with Crippen molar-refractivity contribution in [2.24, 2.45) is 5.84 Å². The fraction of sp³-hybridized carbons (Fsp3) is 0.300. The van der Waals surface area contributed by atoms with Gasteiger partial charge in [0.05, 0.1) is 5.69 Å². The molecule has 6 nitrogen and oxygen atoms in total. The normalized spacial score (nSPS) is 10.5. The highest BCUT2D eigenvalue weighted by Crippen LogP contribution is 2.13. The minimum Gasteiger partial charge on any atom is -0.292 e. The standard InChI is InChI=1S/C10H14N6/c1-6-4-9(14-10(13-6)15-11)16-5-12-7(2)8(16)3/h4-5H,11H2,1-3H3,(H,13,14,15). The number of hydrazine groups is 1. The van der Waals surface area contributed by atoms with Crippen molar-refractivity contribution in [1.82, 2.24) is 19.5 Å². The molecule has 0 aliphatic heterocycles. The number of nitrogens with one attached hydrogen (secondary N) is 1. The van der Waals surface area contributed by atoms with Crippen molar-refractivity contribution in [3.05, 3.63) is 29.5 Å². The zero-order valence-electron chi connectivity index (χ0n) is 9.52. The van der Waals surface area contributed by atoms with Gasteiger partial charge in [0.25, 0.3) is 0 Å². The van der Waals surface area contributed by atoms with Gasteiger partial charge in [-0.05, 0) is 20.8 Å². The van der Waals surface area contributed by atoms with Gasteiger partial charge in [0.15, 0.2) is 0 Å². The van der Waals surface area contributed by atoms with Crippen molar-refractivity contribution in [3.63, 3.8) is 0 Å². The molecular formula is C10H14N6. The van der Waals surface area contributed by atoms with Crippen LogP contribution in [0.15, 0.2) is 12.4 Å². The van der Waals surface area contributed by atoms with Crippen LogP contribution in [-0.4, -0.2) is 19.5 Å². The van der Waals surface area contributed by atoms with E-state index in [4.69, 9.17) is 5.84 Å². The van der Waals surface area contributed by atoms with Crippen LogP contribution in [-0.2, 0) is 0 Å². The van der Waals surface area contributed by atoms with E-state index in [1.54, 1.807) is 6.33 Å². The number of nitrogens with two attached hydrogens (primary N) is 1. The highest BCUT2D eigenvalue weighted by Gasteiger charge is 2.07. The summed E-state index contributed by atoms with van der Waals surface area (Å²) in [6.45, 7) is 5.85. The van der Waals surface area contributed by atoms with Gasteiger partial charge in [0.2, 0.25) is 5.95 Å². The molecule has 0 amide bonds. The van der Waals surface area contributed by atoms with Crippen LogP contribution in [0, 0.1) is 20.8 Å². The Hall–Kier alpha value is -1.95. The van der Waals surface area contributed by atoms with Crippen LogP contribution in [0.5, 0.6) is 0 Å². The predicted molar refractivity (Wildman–Crippen MR) is 61.2 cm³/mol. The molecule has 2 heterocycles. The second kappa shape index (κ2) is 3.90. The molecule has 0 aliphatic rings. The number of aromatic nitrogens is 4. The third-order valence-corrected chi connectivity index (χ3v) is 2.47. The van der Waals surface area contributed by atoms with Gasteiger partial charge >= 0.3 is 0 Å². The summed E-state index contributed by atoms with van der Waals surface area (Å²) in [6.07, 6.45) is 1.74. The highest BCUT2D eigenvalue weighted by molar-refractivity contribution is 5.35. The quantitative estimate of drug-likeness (QED) is 0.577. The molecule has 0 aromatic carbocycles. The first kappa shape index (κ1) is 10.6. The van der Waals surface area contributed by atoms with E-state index in [0.717, 1.165) is 22.9 Å². The molecule has 6 heteroatoms. The Morgan fingerprint density at radius 2 is 2.00 bits per heavy atom. The maximum Gasteiger partial charge on any atom is 0.239 e. The summed E-state index contributed by atoms with van der Waals surface area (Å²) in [4.78, 5) is 12.6. The molecule has 16 heavy (non-hydrogen) atoms.